The van der Waals surface area contributed by atoms with Crippen molar-refractivity contribution in [2.75, 3.05) is 22.2 Å². The monoisotopic (exact) mass is 431 g/mol. The van der Waals surface area contributed by atoms with Crippen molar-refractivity contribution in [1.29, 1.82) is 0 Å². The third-order valence-corrected chi connectivity index (χ3v) is 5.22. The molecule has 0 unspecified atom stereocenters. The van der Waals surface area contributed by atoms with Gasteiger partial charge in [-0.05, 0) is 42.5 Å². The number of nitrogens with one attached hydrogen (secondary N) is 1. The van der Waals surface area contributed by atoms with E-state index in [0.29, 0.717) is 16.9 Å². The normalized spacial score (nSPS) is 13.5. The van der Waals surface area contributed by atoms with Gasteiger partial charge in [0.1, 0.15) is 10.7 Å². The highest BCUT2D eigenvalue weighted by Crippen LogP contribution is 2.30. The number of carbonyl (C=O) groups is 3. The molecule has 0 fully saturated rings. The Kier molecular flexibility index (Phi) is 5.56. The van der Waals surface area contributed by atoms with E-state index in [1.54, 1.807) is 61.6 Å². The van der Waals surface area contributed by atoms with Crippen LogP contribution < -0.4 is 15.1 Å². The Morgan fingerprint density at radius 3 is 2.19 bits per heavy atom. The largest absolute Gasteiger partial charge is 0.350 e. The summed E-state index contributed by atoms with van der Waals surface area (Å²) < 4.78 is 0. The Hall–Kier alpha value is -3.90. The fourth-order valence-corrected chi connectivity index (χ4v) is 3.47. The Morgan fingerprint density at radius 2 is 1.52 bits per heavy atom. The van der Waals surface area contributed by atoms with Crippen molar-refractivity contribution in [2.45, 2.75) is 0 Å². The Labute approximate surface area is 184 Å². The van der Waals surface area contributed by atoms with Gasteiger partial charge in [-0.25, -0.2) is 4.90 Å². The van der Waals surface area contributed by atoms with Gasteiger partial charge in [0.2, 0.25) is 0 Å². The van der Waals surface area contributed by atoms with Crippen LogP contribution in [-0.2, 0) is 9.59 Å². The topological polar surface area (TPSA) is 69.7 Å². The standard InChI is InChI=1S/C24H18ClN3O3/c1-27(18-11-4-2-5-12-18)22(29)16-9-8-10-17(15-16)26-21-20(25)23(30)28(24(21)31)19-13-6-3-7-14-19/h2-15,26H,1H3. The molecular weight excluding hydrogens is 414 g/mol. The van der Waals surface area contributed by atoms with Crippen LogP contribution in [0.25, 0.3) is 0 Å². The number of anilines is 3. The molecule has 4 rings (SSSR count). The van der Waals surface area contributed by atoms with Gasteiger partial charge < -0.3 is 10.2 Å². The molecule has 7 heteroatoms. The maximum Gasteiger partial charge on any atom is 0.283 e. The van der Waals surface area contributed by atoms with E-state index in [2.05, 4.69) is 5.32 Å². The molecule has 0 aromatic heterocycles. The molecule has 0 radical (unpaired) electrons. The van der Waals surface area contributed by atoms with E-state index in [4.69, 9.17) is 11.6 Å². The van der Waals surface area contributed by atoms with Crippen molar-refractivity contribution in [2.24, 2.45) is 0 Å². The van der Waals surface area contributed by atoms with Crippen LogP contribution in [0.4, 0.5) is 17.1 Å². The number of benzene rings is 3. The van der Waals surface area contributed by atoms with Gasteiger partial charge in [0.05, 0.1) is 5.69 Å². The number of halogens is 1. The summed E-state index contributed by atoms with van der Waals surface area (Å²) in [6.07, 6.45) is 0. The van der Waals surface area contributed by atoms with Crippen LogP contribution in [0.3, 0.4) is 0 Å². The summed E-state index contributed by atoms with van der Waals surface area (Å²) in [6.45, 7) is 0. The SMILES string of the molecule is CN(C(=O)c1cccc(NC2=C(Cl)C(=O)N(c3ccccc3)C2=O)c1)c1ccccc1. The third-order valence-electron chi connectivity index (χ3n) is 4.87. The van der Waals surface area contributed by atoms with E-state index in [9.17, 15) is 14.4 Å². The molecule has 0 aliphatic carbocycles. The van der Waals surface area contributed by atoms with Gasteiger partial charge in [0.15, 0.2) is 0 Å². The molecule has 3 aromatic carbocycles. The van der Waals surface area contributed by atoms with Crippen LogP contribution in [0.1, 0.15) is 10.4 Å². The van der Waals surface area contributed by atoms with E-state index < -0.39 is 11.8 Å². The van der Waals surface area contributed by atoms with Gasteiger partial charge in [-0.15, -0.1) is 0 Å². The molecular formula is C24H18ClN3O3. The van der Waals surface area contributed by atoms with E-state index in [1.165, 1.54) is 4.90 Å². The maximum atomic E-state index is 12.9. The molecule has 3 amide bonds. The van der Waals surface area contributed by atoms with E-state index in [0.717, 1.165) is 10.6 Å². The lowest BCUT2D eigenvalue weighted by molar-refractivity contribution is -0.120. The summed E-state index contributed by atoms with van der Waals surface area (Å²) in [6, 6.07) is 24.5. The van der Waals surface area contributed by atoms with Crippen molar-refractivity contribution >= 4 is 46.4 Å². The molecule has 0 saturated heterocycles. The van der Waals surface area contributed by atoms with Crippen LogP contribution in [0.5, 0.6) is 0 Å². The first-order valence-electron chi connectivity index (χ1n) is 9.51. The Balaban J connectivity index is 1.57. The van der Waals surface area contributed by atoms with Crippen molar-refractivity contribution in [3.63, 3.8) is 0 Å². The number of hydrogen-bond donors (Lipinski definition) is 1. The molecule has 1 aliphatic rings. The smallest absolute Gasteiger partial charge is 0.283 e. The van der Waals surface area contributed by atoms with E-state index in [1.807, 2.05) is 30.3 Å². The molecule has 0 bridgehead atoms. The van der Waals surface area contributed by atoms with Gasteiger partial charge in [-0.1, -0.05) is 54.1 Å². The van der Waals surface area contributed by atoms with Gasteiger partial charge in [-0.2, -0.15) is 0 Å². The first-order chi connectivity index (χ1) is 15.0. The average molecular weight is 432 g/mol. The second-order valence-corrected chi connectivity index (χ2v) is 7.25. The predicted octanol–water partition coefficient (Wildman–Crippen LogP) is 4.40. The minimum absolute atomic E-state index is 0.0310. The predicted molar refractivity (Wildman–Crippen MR) is 121 cm³/mol. The lowest BCUT2D eigenvalue weighted by Crippen LogP contribution is -2.32. The molecule has 0 saturated carbocycles. The zero-order valence-corrected chi connectivity index (χ0v) is 17.3. The van der Waals surface area contributed by atoms with Crippen molar-refractivity contribution in [1.82, 2.24) is 0 Å². The minimum atomic E-state index is -0.601. The van der Waals surface area contributed by atoms with Gasteiger partial charge in [0, 0.05) is 24.0 Å². The highest BCUT2D eigenvalue weighted by atomic mass is 35.5. The number of amides is 3. The van der Waals surface area contributed by atoms with E-state index in [-0.39, 0.29) is 16.6 Å². The number of hydrogen-bond acceptors (Lipinski definition) is 4. The molecule has 3 aromatic rings. The summed E-state index contributed by atoms with van der Waals surface area (Å²) >= 11 is 6.18. The molecule has 0 spiro atoms. The number of nitrogens with zero attached hydrogens (tertiary/aromatic N) is 2. The lowest BCUT2D eigenvalue weighted by Gasteiger charge is -2.18. The average Bonchev–Trinajstić information content (AvgIpc) is 3.02. The fraction of sp³-hybridized carbons (Fsp3) is 0.0417. The molecule has 154 valence electrons. The fourth-order valence-electron chi connectivity index (χ4n) is 3.26. The van der Waals surface area contributed by atoms with Crippen molar-refractivity contribution < 1.29 is 14.4 Å². The minimum Gasteiger partial charge on any atom is -0.350 e. The molecule has 31 heavy (non-hydrogen) atoms. The molecule has 1 heterocycles. The number of imide groups is 1. The van der Waals surface area contributed by atoms with Crippen LogP contribution in [0.2, 0.25) is 0 Å². The Morgan fingerprint density at radius 1 is 0.871 bits per heavy atom. The molecule has 1 N–H and O–H groups in total. The summed E-state index contributed by atoms with van der Waals surface area (Å²) in [5.41, 5.74) is 2.05. The quantitative estimate of drug-likeness (QED) is 0.608. The van der Waals surface area contributed by atoms with E-state index >= 15 is 0 Å². The highest BCUT2D eigenvalue weighted by Gasteiger charge is 2.38. The van der Waals surface area contributed by atoms with Gasteiger partial charge >= 0.3 is 0 Å². The third kappa shape index (κ3) is 3.93. The first-order valence-corrected chi connectivity index (χ1v) is 9.89. The van der Waals surface area contributed by atoms with Crippen LogP contribution in [0.15, 0.2) is 95.7 Å². The summed E-state index contributed by atoms with van der Waals surface area (Å²) in [5, 5.41) is 2.71. The second kappa shape index (κ2) is 8.45. The van der Waals surface area contributed by atoms with Crippen LogP contribution >= 0.6 is 11.6 Å². The maximum absolute atomic E-state index is 12.9. The first kappa shape index (κ1) is 20.4. The summed E-state index contributed by atoms with van der Waals surface area (Å²) in [7, 11) is 1.69. The van der Waals surface area contributed by atoms with Crippen molar-refractivity contribution in [3.05, 3.63) is 101 Å². The Bertz CT molecular complexity index is 1190. The summed E-state index contributed by atoms with van der Waals surface area (Å²) in [5.74, 6) is -1.37. The highest BCUT2D eigenvalue weighted by molar-refractivity contribution is 6.53. The van der Waals surface area contributed by atoms with Gasteiger partial charge in [-0.3, -0.25) is 14.4 Å². The van der Waals surface area contributed by atoms with Crippen molar-refractivity contribution in [3.8, 4) is 0 Å². The molecule has 6 nitrogen and oxygen atoms in total. The zero-order chi connectivity index (χ0) is 22.0. The lowest BCUT2D eigenvalue weighted by atomic mass is 10.1. The number of rotatable bonds is 5. The van der Waals surface area contributed by atoms with Crippen LogP contribution in [0, 0.1) is 0 Å². The zero-order valence-electron chi connectivity index (χ0n) is 16.6. The molecule has 0 atom stereocenters. The van der Waals surface area contributed by atoms with Crippen LogP contribution in [-0.4, -0.2) is 24.8 Å². The second-order valence-electron chi connectivity index (χ2n) is 6.88. The summed E-state index contributed by atoms with van der Waals surface area (Å²) in [4.78, 5) is 40.9. The number of carbonyl (C=O) groups excluding carboxylic acids is 3. The molecule has 1 aliphatic heterocycles. The van der Waals surface area contributed by atoms with Gasteiger partial charge in [0.25, 0.3) is 17.7 Å². The number of para-hydroxylation sites is 2.